The Morgan fingerprint density at radius 3 is 2.56 bits per heavy atom. The van der Waals surface area contributed by atoms with Gasteiger partial charge in [0.2, 0.25) is 0 Å². The lowest BCUT2D eigenvalue weighted by Crippen LogP contribution is -2.23. The Hall–Kier alpha value is -4.71. The van der Waals surface area contributed by atoms with E-state index < -0.39 is 0 Å². The van der Waals surface area contributed by atoms with E-state index in [-0.39, 0.29) is 5.91 Å². The highest BCUT2D eigenvalue weighted by atomic mass is 16.1. The summed E-state index contributed by atoms with van der Waals surface area (Å²) in [5.41, 5.74) is 5.85. The highest BCUT2D eigenvalue weighted by Gasteiger charge is 2.12. The molecule has 0 fully saturated rings. The molecule has 0 saturated carbocycles. The van der Waals surface area contributed by atoms with Crippen molar-refractivity contribution < 1.29 is 4.79 Å². The Bertz CT molecular complexity index is 1440. The average molecular weight is 446 g/mol. The van der Waals surface area contributed by atoms with Crippen LogP contribution in [-0.2, 0) is 6.54 Å². The van der Waals surface area contributed by atoms with E-state index in [9.17, 15) is 4.79 Å². The standard InChI is InChI=1S/C28H23N5O/c34-28(30-19-20-8-2-1-3-9-20)24-11-4-5-12-25(24)31-22-13-15-23-26(32-33-27(23)18-22)16-14-21-10-6-7-17-29-21/h1-18,31H,19H2,(H,30,34)(H,32,33). The summed E-state index contributed by atoms with van der Waals surface area (Å²) < 4.78 is 0. The van der Waals surface area contributed by atoms with Gasteiger partial charge in [0.1, 0.15) is 0 Å². The van der Waals surface area contributed by atoms with E-state index in [0.29, 0.717) is 12.1 Å². The van der Waals surface area contributed by atoms with E-state index in [1.807, 2.05) is 103 Å². The maximum absolute atomic E-state index is 12.9. The SMILES string of the molecule is O=C(NCc1ccccc1)c1ccccc1Nc1ccc2c(C=Cc3ccccn3)n[nH]c2c1. The number of nitrogens with zero attached hydrogens (tertiary/aromatic N) is 2. The predicted octanol–water partition coefficient (Wildman–Crippen LogP) is 5.80. The minimum atomic E-state index is -0.128. The molecule has 0 unspecified atom stereocenters. The summed E-state index contributed by atoms with van der Waals surface area (Å²) in [7, 11) is 0. The normalized spacial score (nSPS) is 11.1. The molecule has 5 aromatic rings. The van der Waals surface area contributed by atoms with E-state index in [0.717, 1.165) is 39.2 Å². The first kappa shape index (κ1) is 21.2. The molecule has 166 valence electrons. The minimum absolute atomic E-state index is 0.128. The van der Waals surface area contributed by atoms with Crippen molar-refractivity contribution in [3.63, 3.8) is 0 Å². The molecule has 0 aliphatic heterocycles. The summed E-state index contributed by atoms with van der Waals surface area (Å²) in [4.78, 5) is 17.2. The van der Waals surface area contributed by atoms with E-state index in [4.69, 9.17) is 0 Å². The summed E-state index contributed by atoms with van der Waals surface area (Å²) >= 11 is 0. The van der Waals surface area contributed by atoms with Gasteiger partial charge in [-0.15, -0.1) is 0 Å². The van der Waals surface area contributed by atoms with E-state index in [1.165, 1.54) is 0 Å². The number of H-pyrrole nitrogens is 1. The number of para-hydroxylation sites is 1. The fourth-order valence-electron chi connectivity index (χ4n) is 3.70. The van der Waals surface area contributed by atoms with Crippen LogP contribution in [0.1, 0.15) is 27.3 Å². The summed E-state index contributed by atoms with van der Waals surface area (Å²) in [6.07, 6.45) is 5.65. The topological polar surface area (TPSA) is 82.7 Å². The van der Waals surface area contributed by atoms with Gasteiger partial charge in [0.15, 0.2) is 0 Å². The number of benzene rings is 3. The van der Waals surface area contributed by atoms with Gasteiger partial charge in [0.25, 0.3) is 5.91 Å². The number of carbonyl (C=O) groups excluding carboxylic acids is 1. The highest BCUT2D eigenvalue weighted by molar-refractivity contribution is 6.00. The fourth-order valence-corrected chi connectivity index (χ4v) is 3.70. The second kappa shape index (κ2) is 9.83. The molecule has 3 aromatic carbocycles. The lowest BCUT2D eigenvalue weighted by Gasteiger charge is -2.12. The van der Waals surface area contributed by atoms with Gasteiger partial charge in [-0.25, -0.2) is 0 Å². The Balaban J connectivity index is 1.32. The molecule has 0 atom stereocenters. The molecule has 6 heteroatoms. The first-order valence-corrected chi connectivity index (χ1v) is 11.0. The molecule has 0 spiro atoms. The van der Waals surface area contributed by atoms with Crippen LogP contribution in [0, 0.1) is 0 Å². The fraction of sp³-hybridized carbons (Fsp3) is 0.0357. The molecule has 0 aliphatic rings. The van der Waals surface area contributed by atoms with Crippen molar-refractivity contribution in [2.45, 2.75) is 6.54 Å². The van der Waals surface area contributed by atoms with Gasteiger partial charge in [-0.1, -0.05) is 48.5 Å². The number of pyridine rings is 1. The zero-order valence-electron chi connectivity index (χ0n) is 18.4. The quantitative estimate of drug-likeness (QED) is 0.296. The molecular formula is C28H23N5O. The predicted molar refractivity (Wildman–Crippen MR) is 137 cm³/mol. The van der Waals surface area contributed by atoms with Crippen molar-refractivity contribution in [1.82, 2.24) is 20.5 Å². The Kier molecular flexibility index (Phi) is 6.12. The van der Waals surface area contributed by atoms with Crippen LogP contribution in [0.25, 0.3) is 23.1 Å². The van der Waals surface area contributed by atoms with Crippen LogP contribution >= 0.6 is 0 Å². The molecule has 2 aromatic heterocycles. The maximum Gasteiger partial charge on any atom is 0.253 e. The number of anilines is 2. The van der Waals surface area contributed by atoms with Crippen molar-refractivity contribution in [2.24, 2.45) is 0 Å². The van der Waals surface area contributed by atoms with Crippen LogP contribution in [0.3, 0.4) is 0 Å². The molecule has 1 amide bonds. The largest absolute Gasteiger partial charge is 0.355 e. The van der Waals surface area contributed by atoms with E-state index in [1.54, 1.807) is 6.20 Å². The van der Waals surface area contributed by atoms with Gasteiger partial charge in [0.05, 0.1) is 28.2 Å². The van der Waals surface area contributed by atoms with Gasteiger partial charge < -0.3 is 10.6 Å². The number of hydrogen-bond acceptors (Lipinski definition) is 4. The van der Waals surface area contributed by atoms with E-state index >= 15 is 0 Å². The molecule has 5 rings (SSSR count). The van der Waals surface area contributed by atoms with Crippen molar-refractivity contribution in [3.05, 3.63) is 120 Å². The smallest absolute Gasteiger partial charge is 0.253 e. The van der Waals surface area contributed by atoms with Gasteiger partial charge >= 0.3 is 0 Å². The number of aromatic amines is 1. The summed E-state index contributed by atoms with van der Waals surface area (Å²) in [6.45, 7) is 0.475. The third-order valence-corrected chi connectivity index (χ3v) is 5.44. The summed E-state index contributed by atoms with van der Waals surface area (Å²) in [5, 5.41) is 14.9. The number of amides is 1. The summed E-state index contributed by atoms with van der Waals surface area (Å²) in [6, 6.07) is 29.1. The second-order valence-corrected chi connectivity index (χ2v) is 7.80. The van der Waals surface area contributed by atoms with Crippen LogP contribution in [0.5, 0.6) is 0 Å². The first-order valence-electron chi connectivity index (χ1n) is 11.0. The molecule has 0 bridgehead atoms. The molecule has 0 radical (unpaired) electrons. The van der Waals surface area contributed by atoms with Gasteiger partial charge in [-0.2, -0.15) is 5.10 Å². The van der Waals surface area contributed by atoms with Crippen molar-refractivity contribution in [2.75, 3.05) is 5.32 Å². The maximum atomic E-state index is 12.9. The zero-order chi connectivity index (χ0) is 23.2. The Morgan fingerprint density at radius 1 is 0.882 bits per heavy atom. The molecule has 3 N–H and O–H groups in total. The molecule has 0 saturated heterocycles. The van der Waals surface area contributed by atoms with Crippen molar-refractivity contribution in [1.29, 1.82) is 0 Å². The van der Waals surface area contributed by atoms with Gasteiger partial charge in [-0.3, -0.25) is 14.9 Å². The first-order chi connectivity index (χ1) is 16.8. The van der Waals surface area contributed by atoms with Gasteiger partial charge in [-0.05, 0) is 60.2 Å². The van der Waals surface area contributed by atoms with Crippen LogP contribution < -0.4 is 10.6 Å². The molecule has 34 heavy (non-hydrogen) atoms. The third kappa shape index (κ3) is 4.86. The number of hydrogen-bond donors (Lipinski definition) is 3. The number of fused-ring (bicyclic) bond motifs is 1. The third-order valence-electron chi connectivity index (χ3n) is 5.44. The molecule has 6 nitrogen and oxygen atoms in total. The van der Waals surface area contributed by atoms with Gasteiger partial charge in [0, 0.05) is 23.8 Å². The number of rotatable bonds is 7. The van der Waals surface area contributed by atoms with Crippen LogP contribution in [-0.4, -0.2) is 21.1 Å². The number of aromatic nitrogens is 3. The van der Waals surface area contributed by atoms with Crippen LogP contribution in [0.15, 0.2) is 97.2 Å². The van der Waals surface area contributed by atoms with Crippen molar-refractivity contribution >= 4 is 40.3 Å². The van der Waals surface area contributed by atoms with Crippen LogP contribution in [0.2, 0.25) is 0 Å². The minimum Gasteiger partial charge on any atom is -0.355 e. The van der Waals surface area contributed by atoms with E-state index in [2.05, 4.69) is 25.8 Å². The average Bonchev–Trinajstić information content (AvgIpc) is 3.30. The van der Waals surface area contributed by atoms with Crippen molar-refractivity contribution in [3.8, 4) is 0 Å². The highest BCUT2D eigenvalue weighted by Crippen LogP contribution is 2.26. The zero-order valence-corrected chi connectivity index (χ0v) is 18.4. The molecule has 0 aliphatic carbocycles. The second-order valence-electron chi connectivity index (χ2n) is 7.80. The summed E-state index contributed by atoms with van der Waals surface area (Å²) in [5.74, 6) is -0.128. The Morgan fingerprint density at radius 2 is 1.71 bits per heavy atom. The Labute approximate surface area is 197 Å². The monoisotopic (exact) mass is 445 g/mol. The lowest BCUT2D eigenvalue weighted by molar-refractivity contribution is 0.0951. The molecular weight excluding hydrogens is 422 g/mol. The molecule has 2 heterocycles. The van der Waals surface area contributed by atoms with Crippen LogP contribution in [0.4, 0.5) is 11.4 Å². The lowest BCUT2D eigenvalue weighted by atomic mass is 10.1. The number of carbonyl (C=O) groups is 1. The number of nitrogens with one attached hydrogen (secondary N) is 3.